The summed E-state index contributed by atoms with van der Waals surface area (Å²) >= 11 is 1.09. The van der Waals surface area contributed by atoms with Gasteiger partial charge in [0.15, 0.2) is 0 Å². The van der Waals surface area contributed by atoms with E-state index in [1.54, 1.807) is 23.2 Å². The van der Waals surface area contributed by atoms with E-state index in [2.05, 4.69) is 4.98 Å². The minimum absolute atomic E-state index is 0.286. The Bertz CT molecular complexity index is 642. The lowest BCUT2D eigenvalue weighted by Gasteiger charge is -2.25. The van der Waals surface area contributed by atoms with E-state index < -0.39 is 0 Å². The fourth-order valence-corrected chi connectivity index (χ4v) is 2.78. The Morgan fingerprint density at radius 3 is 2.89 bits per heavy atom. The summed E-state index contributed by atoms with van der Waals surface area (Å²) in [4.78, 5) is 30.6. The van der Waals surface area contributed by atoms with Crippen LogP contribution in [0.2, 0.25) is 0 Å². The monoisotopic (exact) mass is 265 g/mol. The molecule has 7 heteroatoms. The molecule has 3 heterocycles. The molecule has 0 bridgehead atoms. The van der Waals surface area contributed by atoms with Crippen molar-refractivity contribution < 1.29 is 9.53 Å². The first-order valence-corrected chi connectivity index (χ1v) is 6.39. The third-order valence-corrected chi connectivity index (χ3v) is 3.82. The van der Waals surface area contributed by atoms with Crippen LogP contribution >= 0.6 is 11.5 Å². The molecule has 1 aliphatic rings. The normalized spacial score (nSPS) is 16.1. The lowest BCUT2D eigenvalue weighted by Crippen LogP contribution is -2.44. The largest absolute Gasteiger partial charge is 0.378 e. The first kappa shape index (κ1) is 11.4. The van der Waals surface area contributed by atoms with E-state index in [0.29, 0.717) is 36.5 Å². The molecule has 1 saturated heterocycles. The second-order valence-electron chi connectivity index (χ2n) is 3.93. The first-order valence-electron chi connectivity index (χ1n) is 5.61. The van der Waals surface area contributed by atoms with Crippen molar-refractivity contribution in [2.24, 2.45) is 0 Å². The smallest absolute Gasteiger partial charge is 0.341 e. The molecule has 2 aromatic heterocycles. The second kappa shape index (κ2) is 4.51. The third kappa shape index (κ3) is 1.81. The summed E-state index contributed by atoms with van der Waals surface area (Å²) < 4.78 is 6.35. The molecule has 1 aliphatic heterocycles. The van der Waals surface area contributed by atoms with E-state index in [0.717, 1.165) is 11.5 Å². The van der Waals surface area contributed by atoms with Crippen molar-refractivity contribution in [1.29, 1.82) is 0 Å². The van der Waals surface area contributed by atoms with Crippen LogP contribution in [0, 0.1) is 0 Å². The van der Waals surface area contributed by atoms with Crippen molar-refractivity contribution in [2.75, 3.05) is 26.3 Å². The molecule has 3 rings (SSSR count). The van der Waals surface area contributed by atoms with Crippen LogP contribution in [-0.2, 0) is 4.74 Å². The van der Waals surface area contributed by atoms with Gasteiger partial charge in [0.25, 0.3) is 5.56 Å². The summed E-state index contributed by atoms with van der Waals surface area (Å²) in [5.41, 5.74) is -0.292. The predicted octanol–water partition coefficient (Wildman–Crippen LogP) is 0.758. The van der Waals surface area contributed by atoms with Gasteiger partial charge in [-0.2, -0.15) is 3.96 Å². The molecule has 2 aromatic rings. The summed E-state index contributed by atoms with van der Waals surface area (Å²) in [6, 6.07) is 3.09. The number of fused-ring (bicyclic) bond motifs is 1. The number of carbonyl (C=O) groups is 1. The zero-order chi connectivity index (χ0) is 12.5. The number of hydrogen-bond acceptors (Lipinski definition) is 5. The Morgan fingerprint density at radius 1 is 1.39 bits per heavy atom. The molecule has 0 spiro atoms. The number of rotatable bonds is 0. The summed E-state index contributed by atoms with van der Waals surface area (Å²) in [6.45, 7) is 2.08. The number of ether oxygens (including phenoxy) is 1. The number of nitrogens with zero attached hydrogens (tertiary/aromatic N) is 3. The molecule has 0 atom stereocenters. The molecule has 0 unspecified atom stereocenters. The summed E-state index contributed by atoms with van der Waals surface area (Å²) in [5.74, 6) is 0. The number of hydrogen-bond donors (Lipinski definition) is 0. The molecule has 18 heavy (non-hydrogen) atoms. The maximum atomic E-state index is 12.2. The number of amides is 1. The van der Waals surface area contributed by atoms with E-state index in [9.17, 15) is 9.59 Å². The van der Waals surface area contributed by atoms with E-state index >= 15 is 0 Å². The van der Waals surface area contributed by atoms with Gasteiger partial charge in [0.2, 0.25) is 0 Å². The Morgan fingerprint density at radius 2 is 2.17 bits per heavy atom. The standard InChI is InChI=1S/C11H11N3O3S/c15-10-8-2-1-3-12-9(8)18-14(10)11(16)13-4-6-17-7-5-13/h1-3H,4-7H2. The quantitative estimate of drug-likeness (QED) is 0.705. The zero-order valence-corrected chi connectivity index (χ0v) is 10.4. The van der Waals surface area contributed by atoms with Crippen LogP contribution in [0.15, 0.2) is 23.1 Å². The highest BCUT2D eigenvalue weighted by atomic mass is 32.1. The van der Waals surface area contributed by atoms with Crippen LogP contribution in [-0.4, -0.2) is 46.2 Å². The highest BCUT2D eigenvalue weighted by Crippen LogP contribution is 2.14. The SMILES string of the molecule is O=C(N1CCOCC1)n1sc2ncccc2c1=O. The number of aromatic nitrogens is 2. The molecule has 0 aliphatic carbocycles. The summed E-state index contributed by atoms with van der Waals surface area (Å²) in [5, 5.41) is 0.490. The molecular weight excluding hydrogens is 254 g/mol. The molecule has 0 aromatic carbocycles. The van der Waals surface area contributed by atoms with E-state index in [1.807, 2.05) is 0 Å². The summed E-state index contributed by atoms with van der Waals surface area (Å²) in [6.07, 6.45) is 1.61. The molecule has 1 fully saturated rings. The lowest BCUT2D eigenvalue weighted by molar-refractivity contribution is 0.0539. The molecule has 94 valence electrons. The van der Waals surface area contributed by atoms with Crippen LogP contribution in [0.5, 0.6) is 0 Å². The van der Waals surface area contributed by atoms with Crippen molar-refractivity contribution in [2.45, 2.75) is 0 Å². The van der Waals surface area contributed by atoms with Crippen LogP contribution in [0.25, 0.3) is 10.2 Å². The van der Waals surface area contributed by atoms with Gasteiger partial charge < -0.3 is 9.64 Å². The van der Waals surface area contributed by atoms with Gasteiger partial charge in [-0.25, -0.2) is 9.78 Å². The third-order valence-electron chi connectivity index (χ3n) is 2.82. The molecule has 0 N–H and O–H groups in total. The van der Waals surface area contributed by atoms with Crippen molar-refractivity contribution in [3.63, 3.8) is 0 Å². The molecule has 1 amide bonds. The average Bonchev–Trinajstić information content (AvgIpc) is 2.77. The molecular formula is C11H11N3O3S. The fourth-order valence-electron chi connectivity index (χ4n) is 1.87. The Kier molecular flexibility index (Phi) is 2.85. The van der Waals surface area contributed by atoms with Gasteiger partial charge in [0.05, 0.1) is 18.6 Å². The van der Waals surface area contributed by atoms with Gasteiger partial charge in [-0.05, 0) is 23.7 Å². The van der Waals surface area contributed by atoms with Gasteiger partial charge in [0.1, 0.15) is 4.83 Å². The van der Waals surface area contributed by atoms with E-state index in [4.69, 9.17) is 4.74 Å². The molecule has 0 radical (unpaired) electrons. The number of morpholine rings is 1. The van der Waals surface area contributed by atoms with Crippen LogP contribution in [0.3, 0.4) is 0 Å². The van der Waals surface area contributed by atoms with Gasteiger partial charge in [-0.15, -0.1) is 0 Å². The minimum atomic E-state index is -0.292. The topological polar surface area (TPSA) is 64.4 Å². The van der Waals surface area contributed by atoms with Crippen molar-refractivity contribution in [1.82, 2.24) is 13.8 Å². The van der Waals surface area contributed by atoms with Crippen LogP contribution in [0.4, 0.5) is 4.79 Å². The van der Waals surface area contributed by atoms with Gasteiger partial charge in [0, 0.05) is 19.3 Å². The zero-order valence-electron chi connectivity index (χ0n) is 9.54. The fraction of sp³-hybridized carbons (Fsp3) is 0.364. The highest BCUT2D eigenvalue weighted by molar-refractivity contribution is 7.14. The lowest BCUT2D eigenvalue weighted by atomic mass is 10.4. The molecule has 0 saturated carbocycles. The van der Waals surface area contributed by atoms with Crippen molar-refractivity contribution in [3.05, 3.63) is 28.7 Å². The van der Waals surface area contributed by atoms with Gasteiger partial charge in [-0.1, -0.05) is 0 Å². The number of pyridine rings is 1. The second-order valence-corrected chi connectivity index (χ2v) is 4.86. The predicted molar refractivity (Wildman–Crippen MR) is 67.1 cm³/mol. The van der Waals surface area contributed by atoms with Crippen molar-refractivity contribution >= 4 is 27.8 Å². The van der Waals surface area contributed by atoms with Crippen molar-refractivity contribution in [3.8, 4) is 0 Å². The molecule has 6 nitrogen and oxygen atoms in total. The van der Waals surface area contributed by atoms with E-state index in [-0.39, 0.29) is 11.6 Å². The van der Waals surface area contributed by atoms with Gasteiger partial charge in [-0.3, -0.25) is 4.79 Å². The Balaban J connectivity index is 2.01. The maximum absolute atomic E-state index is 12.2. The summed E-state index contributed by atoms with van der Waals surface area (Å²) in [7, 11) is 0. The van der Waals surface area contributed by atoms with E-state index in [1.165, 1.54) is 3.96 Å². The Hall–Kier alpha value is -1.73. The first-order chi connectivity index (χ1) is 8.77. The minimum Gasteiger partial charge on any atom is -0.378 e. The van der Waals surface area contributed by atoms with Gasteiger partial charge >= 0.3 is 6.03 Å². The van der Waals surface area contributed by atoms with Crippen LogP contribution < -0.4 is 5.56 Å². The maximum Gasteiger partial charge on any atom is 0.341 e. The highest BCUT2D eigenvalue weighted by Gasteiger charge is 2.22. The van der Waals surface area contributed by atoms with Crippen LogP contribution in [0.1, 0.15) is 0 Å². The average molecular weight is 265 g/mol. The Labute approximate surface area is 107 Å². The number of carbonyl (C=O) groups excluding carboxylic acids is 1.